The average Bonchev–Trinajstić information content (AvgIpc) is 2.50. The van der Waals surface area contributed by atoms with Crippen molar-refractivity contribution in [3.8, 4) is 11.1 Å². The van der Waals surface area contributed by atoms with Gasteiger partial charge in [-0.3, -0.25) is 4.79 Å². The van der Waals surface area contributed by atoms with Crippen LogP contribution in [0.1, 0.15) is 11.1 Å². The molecule has 0 aliphatic rings. The summed E-state index contributed by atoms with van der Waals surface area (Å²) in [5.74, 6) is -0.364. The van der Waals surface area contributed by atoms with Crippen LogP contribution < -0.4 is 10.0 Å². The molecule has 0 heterocycles. The second-order valence-electron chi connectivity index (χ2n) is 5.44. The monoisotopic (exact) mass is 332 g/mol. The molecule has 23 heavy (non-hydrogen) atoms. The molecule has 1 amide bonds. The molecule has 0 fully saturated rings. The van der Waals surface area contributed by atoms with Crippen molar-refractivity contribution in [3.63, 3.8) is 0 Å². The van der Waals surface area contributed by atoms with Crippen molar-refractivity contribution in [1.29, 1.82) is 0 Å². The van der Waals surface area contributed by atoms with Gasteiger partial charge >= 0.3 is 0 Å². The fourth-order valence-electron chi connectivity index (χ4n) is 2.15. The second-order valence-corrected chi connectivity index (χ2v) is 7.27. The molecule has 0 aliphatic carbocycles. The van der Waals surface area contributed by atoms with Crippen LogP contribution in [0, 0.1) is 6.92 Å². The summed E-state index contributed by atoms with van der Waals surface area (Å²) in [4.78, 5) is 11.6. The summed E-state index contributed by atoms with van der Waals surface area (Å²) in [6, 6.07) is 16.1. The van der Waals surface area contributed by atoms with Crippen LogP contribution >= 0.6 is 0 Å². The first-order chi connectivity index (χ1) is 10.8. The Bertz CT molecular complexity index is 801. The number of carbonyl (C=O) groups excluding carboxylic acids is 1. The summed E-state index contributed by atoms with van der Waals surface area (Å²) in [7, 11) is -3.36. The molecule has 2 aromatic carbocycles. The van der Waals surface area contributed by atoms with Gasteiger partial charge in [0.1, 0.15) is 0 Å². The van der Waals surface area contributed by atoms with Gasteiger partial charge in [-0.2, -0.15) is 0 Å². The van der Waals surface area contributed by atoms with Gasteiger partial charge in [-0.15, -0.1) is 0 Å². The Morgan fingerprint density at radius 3 is 2.35 bits per heavy atom. The Balaban J connectivity index is 1.99. The van der Waals surface area contributed by atoms with E-state index in [9.17, 15) is 13.2 Å². The zero-order valence-corrected chi connectivity index (χ0v) is 14.0. The maximum absolute atomic E-state index is 11.6. The van der Waals surface area contributed by atoms with Crippen molar-refractivity contribution in [2.45, 2.75) is 13.5 Å². The van der Waals surface area contributed by atoms with E-state index in [1.165, 1.54) is 5.56 Å². The summed E-state index contributed by atoms with van der Waals surface area (Å²) in [5.41, 5.74) is 4.34. The molecule has 6 heteroatoms. The van der Waals surface area contributed by atoms with E-state index in [0.29, 0.717) is 6.54 Å². The molecule has 0 saturated heterocycles. The highest BCUT2D eigenvalue weighted by Crippen LogP contribution is 2.21. The molecule has 122 valence electrons. The normalized spacial score (nSPS) is 11.2. The Morgan fingerprint density at radius 2 is 1.70 bits per heavy atom. The number of nitrogens with one attached hydrogen (secondary N) is 2. The number of aryl methyl sites for hydroxylation is 1. The number of hydrogen-bond donors (Lipinski definition) is 2. The van der Waals surface area contributed by atoms with Crippen LogP contribution in [0.3, 0.4) is 0 Å². The zero-order valence-electron chi connectivity index (χ0n) is 13.2. The molecule has 0 spiro atoms. The predicted octanol–water partition coefficient (Wildman–Crippen LogP) is 1.83. The van der Waals surface area contributed by atoms with Gasteiger partial charge < -0.3 is 5.32 Å². The van der Waals surface area contributed by atoms with Crippen molar-refractivity contribution in [2.75, 3.05) is 12.8 Å². The van der Waals surface area contributed by atoms with Crippen LogP contribution in [0.15, 0.2) is 48.5 Å². The molecule has 0 aromatic heterocycles. The first kappa shape index (κ1) is 17.2. The third-order valence-corrected chi connectivity index (χ3v) is 3.93. The summed E-state index contributed by atoms with van der Waals surface area (Å²) in [6.07, 6.45) is 1.02. The number of sulfonamides is 1. The van der Waals surface area contributed by atoms with Gasteiger partial charge in [-0.1, -0.05) is 48.0 Å². The molecule has 0 atom stereocenters. The molecule has 2 N–H and O–H groups in total. The molecule has 0 bridgehead atoms. The van der Waals surface area contributed by atoms with E-state index in [0.717, 1.165) is 22.9 Å². The van der Waals surface area contributed by atoms with Gasteiger partial charge in [0.2, 0.25) is 15.9 Å². The number of carbonyl (C=O) groups is 1. The van der Waals surface area contributed by atoms with Gasteiger partial charge in [0.15, 0.2) is 0 Å². The Labute approximate surface area is 136 Å². The zero-order chi connectivity index (χ0) is 16.9. The van der Waals surface area contributed by atoms with Gasteiger partial charge in [0.05, 0.1) is 12.8 Å². The molecule has 2 rings (SSSR count). The second kappa shape index (κ2) is 7.39. The maximum atomic E-state index is 11.6. The van der Waals surface area contributed by atoms with Crippen LogP contribution in [-0.2, 0) is 21.4 Å². The predicted molar refractivity (Wildman–Crippen MR) is 91.3 cm³/mol. The Kier molecular flexibility index (Phi) is 5.52. The van der Waals surface area contributed by atoms with Gasteiger partial charge in [0, 0.05) is 6.54 Å². The largest absolute Gasteiger partial charge is 0.351 e. The van der Waals surface area contributed by atoms with E-state index in [4.69, 9.17) is 0 Å². The molecule has 0 aliphatic heterocycles. The highest BCUT2D eigenvalue weighted by molar-refractivity contribution is 7.88. The SMILES string of the molecule is Cc1cccc(-c2cccc(CNC(=O)CNS(C)(=O)=O)c2)c1. The Hall–Kier alpha value is -2.18. The molecule has 5 nitrogen and oxygen atoms in total. The maximum Gasteiger partial charge on any atom is 0.235 e. The third kappa shape index (κ3) is 5.84. The lowest BCUT2D eigenvalue weighted by Gasteiger charge is -2.08. The average molecular weight is 332 g/mol. The minimum absolute atomic E-state index is 0.254. The fourth-order valence-corrected chi connectivity index (χ4v) is 2.54. The summed E-state index contributed by atoms with van der Waals surface area (Å²) in [6.45, 7) is 2.14. The smallest absolute Gasteiger partial charge is 0.235 e. The van der Waals surface area contributed by atoms with Crippen molar-refractivity contribution in [2.24, 2.45) is 0 Å². The van der Waals surface area contributed by atoms with E-state index in [2.05, 4.69) is 16.1 Å². The fraction of sp³-hybridized carbons (Fsp3) is 0.235. The third-order valence-electron chi connectivity index (χ3n) is 3.26. The van der Waals surface area contributed by atoms with Gasteiger partial charge in [-0.25, -0.2) is 13.1 Å². The van der Waals surface area contributed by atoms with E-state index in [1.54, 1.807) is 0 Å². The van der Waals surface area contributed by atoms with E-state index < -0.39 is 10.0 Å². The van der Waals surface area contributed by atoms with Crippen molar-refractivity contribution in [1.82, 2.24) is 10.0 Å². The minimum Gasteiger partial charge on any atom is -0.351 e. The molecule has 2 aromatic rings. The summed E-state index contributed by atoms with van der Waals surface area (Å²) < 4.78 is 24.1. The van der Waals surface area contributed by atoms with E-state index in [-0.39, 0.29) is 12.5 Å². The van der Waals surface area contributed by atoms with Gasteiger partial charge in [-0.05, 0) is 29.7 Å². The lowest BCUT2D eigenvalue weighted by Crippen LogP contribution is -2.36. The van der Waals surface area contributed by atoms with Gasteiger partial charge in [0.25, 0.3) is 0 Å². The van der Waals surface area contributed by atoms with E-state index >= 15 is 0 Å². The molecule has 0 saturated carbocycles. The number of amides is 1. The van der Waals surface area contributed by atoms with E-state index in [1.807, 2.05) is 49.4 Å². The quantitative estimate of drug-likeness (QED) is 0.847. The highest BCUT2D eigenvalue weighted by atomic mass is 32.2. The molecular weight excluding hydrogens is 312 g/mol. The number of rotatable bonds is 6. The van der Waals surface area contributed by atoms with Crippen LogP contribution in [0.25, 0.3) is 11.1 Å². The topological polar surface area (TPSA) is 75.3 Å². The van der Waals surface area contributed by atoms with Crippen molar-refractivity contribution < 1.29 is 13.2 Å². The first-order valence-electron chi connectivity index (χ1n) is 7.21. The molecular formula is C17H20N2O3S. The van der Waals surface area contributed by atoms with Crippen LogP contribution in [-0.4, -0.2) is 27.1 Å². The number of benzene rings is 2. The molecule has 0 radical (unpaired) electrons. The van der Waals surface area contributed by atoms with Crippen LogP contribution in [0.5, 0.6) is 0 Å². The minimum atomic E-state index is -3.36. The van der Waals surface area contributed by atoms with Crippen molar-refractivity contribution >= 4 is 15.9 Å². The molecule has 0 unspecified atom stereocenters. The van der Waals surface area contributed by atoms with Crippen molar-refractivity contribution in [3.05, 3.63) is 59.7 Å². The lowest BCUT2D eigenvalue weighted by atomic mass is 10.0. The van der Waals surface area contributed by atoms with Crippen LogP contribution in [0.4, 0.5) is 0 Å². The lowest BCUT2D eigenvalue weighted by molar-refractivity contribution is -0.120. The summed E-state index contributed by atoms with van der Waals surface area (Å²) in [5, 5.41) is 2.70. The van der Waals surface area contributed by atoms with Crippen LogP contribution in [0.2, 0.25) is 0 Å². The Morgan fingerprint density at radius 1 is 1.04 bits per heavy atom. The first-order valence-corrected chi connectivity index (χ1v) is 9.10. The highest BCUT2D eigenvalue weighted by Gasteiger charge is 2.06. The summed E-state index contributed by atoms with van der Waals surface area (Å²) >= 11 is 0. The standard InChI is InChI=1S/C17H20N2O3S/c1-13-5-3-7-15(9-13)16-8-4-6-14(10-16)11-18-17(20)12-19-23(2,21)22/h3-10,19H,11-12H2,1-2H3,(H,18,20). The number of hydrogen-bond acceptors (Lipinski definition) is 3.